The Kier molecular flexibility index (Phi) is 6.40. The largest absolute Gasteiger partial charge is 0.356 e. The van der Waals surface area contributed by atoms with E-state index in [1.54, 1.807) is 7.05 Å². The van der Waals surface area contributed by atoms with Gasteiger partial charge in [-0.2, -0.15) is 0 Å². The van der Waals surface area contributed by atoms with Crippen molar-refractivity contribution in [2.24, 2.45) is 10.9 Å². The maximum Gasteiger partial charge on any atom is 0.191 e. The molecule has 2 N–H and O–H groups in total. The van der Waals surface area contributed by atoms with Crippen LogP contribution in [0.3, 0.4) is 0 Å². The first-order valence-corrected chi connectivity index (χ1v) is 8.44. The van der Waals surface area contributed by atoms with Gasteiger partial charge in [-0.15, -0.1) is 11.3 Å². The van der Waals surface area contributed by atoms with Crippen LogP contribution in [-0.4, -0.2) is 24.5 Å². The number of guanidine groups is 1. The molecule has 0 bridgehead atoms. The maximum atomic E-state index is 4.48. The SMILES string of the molecule is CN=C(NCc1cccc(C)n1)NCC(C)Cc1cccs1. The van der Waals surface area contributed by atoms with Gasteiger partial charge in [0, 0.05) is 24.2 Å². The molecule has 0 aliphatic heterocycles. The van der Waals surface area contributed by atoms with Crippen molar-refractivity contribution in [3.05, 3.63) is 52.0 Å². The van der Waals surface area contributed by atoms with Crippen molar-refractivity contribution in [3.8, 4) is 0 Å². The Morgan fingerprint density at radius 2 is 2.14 bits per heavy atom. The van der Waals surface area contributed by atoms with Crippen LogP contribution in [0.15, 0.2) is 40.7 Å². The van der Waals surface area contributed by atoms with Gasteiger partial charge in [-0.25, -0.2) is 0 Å². The van der Waals surface area contributed by atoms with Gasteiger partial charge in [-0.1, -0.05) is 19.1 Å². The number of aliphatic imine (C=N–C) groups is 1. The lowest BCUT2D eigenvalue weighted by Crippen LogP contribution is -2.39. The Labute approximate surface area is 136 Å². The van der Waals surface area contributed by atoms with Crippen molar-refractivity contribution in [3.63, 3.8) is 0 Å². The van der Waals surface area contributed by atoms with Crippen LogP contribution in [0.5, 0.6) is 0 Å². The van der Waals surface area contributed by atoms with E-state index >= 15 is 0 Å². The Bertz CT molecular complexity index is 592. The van der Waals surface area contributed by atoms with Gasteiger partial charge in [-0.05, 0) is 42.8 Å². The molecule has 2 rings (SSSR count). The van der Waals surface area contributed by atoms with Crippen molar-refractivity contribution >= 4 is 17.3 Å². The van der Waals surface area contributed by atoms with Crippen molar-refractivity contribution < 1.29 is 0 Å². The fraction of sp³-hybridized carbons (Fsp3) is 0.412. The summed E-state index contributed by atoms with van der Waals surface area (Å²) in [7, 11) is 1.79. The number of rotatable bonds is 6. The van der Waals surface area contributed by atoms with Crippen LogP contribution in [0.2, 0.25) is 0 Å². The van der Waals surface area contributed by atoms with Crippen LogP contribution in [0.4, 0.5) is 0 Å². The molecule has 2 aromatic rings. The minimum absolute atomic E-state index is 0.564. The third kappa shape index (κ3) is 5.48. The molecule has 0 aliphatic carbocycles. The molecule has 1 unspecified atom stereocenters. The Morgan fingerprint density at radius 1 is 1.27 bits per heavy atom. The second kappa shape index (κ2) is 8.54. The first kappa shape index (κ1) is 16.5. The number of aromatic nitrogens is 1. The van der Waals surface area contributed by atoms with Crippen LogP contribution < -0.4 is 10.6 Å². The van der Waals surface area contributed by atoms with Crippen molar-refractivity contribution in [1.29, 1.82) is 0 Å². The summed E-state index contributed by atoms with van der Waals surface area (Å²) in [6, 6.07) is 10.3. The molecular formula is C17H24N4S. The van der Waals surface area contributed by atoms with E-state index < -0.39 is 0 Å². The van der Waals surface area contributed by atoms with Crippen molar-refractivity contribution in [2.75, 3.05) is 13.6 Å². The van der Waals surface area contributed by atoms with Crippen LogP contribution in [0, 0.1) is 12.8 Å². The fourth-order valence-electron chi connectivity index (χ4n) is 2.21. The summed E-state index contributed by atoms with van der Waals surface area (Å²) in [5.74, 6) is 1.38. The smallest absolute Gasteiger partial charge is 0.191 e. The molecule has 2 heterocycles. The van der Waals surface area contributed by atoms with Crippen LogP contribution >= 0.6 is 11.3 Å². The molecule has 0 spiro atoms. The molecule has 0 aliphatic rings. The second-order valence-corrected chi connectivity index (χ2v) is 6.50. The van der Waals surface area contributed by atoms with Gasteiger partial charge in [0.1, 0.15) is 0 Å². The molecule has 5 heteroatoms. The Morgan fingerprint density at radius 3 is 2.82 bits per heavy atom. The molecule has 0 fully saturated rings. The molecule has 0 saturated carbocycles. The molecule has 0 radical (unpaired) electrons. The summed E-state index contributed by atoms with van der Waals surface area (Å²) < 4.78 is 0. The highest BCUT2D eigenvalue weighted by molar-refractivity contribution is 7.09. The van der Waals surface area contributed by atoms with Gasteiger partial charge in [-0.3, -0.25) is 9.98 Å². The maximum absolute atomic E-state index is 4.48. The molecular weight excluding hydrogens is 292 g/mol. The number of hydrogen-bond donors (Lipinski definition) is 2. The van der Waals surface area contributed by atoms with E-state index in [9.17, 15) is 0 Å². The van der Waals surface area contributed by atoms with Crippen LogP contribution in [-0.2, 0) is 13.0 Å². The summed E-state index contributed by atoms with van der Waals surface area (Å²) in [4.78, 5) is 10.2. The highest BCUT2D eigenvalue weighted by Gasteiger charge is 2.06. The van der Waals surface area contributed by atoms with Gasteiger partial charge < -0.3 is 10.6 Å². The third-order valence-corrected chi connectivity index (χ3v) is 4.25. The number of aryl methyl sites for hydroxylation is 1. The molecule has 0 aromatic carbocycles. The van der Waals surface area contributed by atoms with Gasteiger partial charge >= 0.3 is 0 Å². The summed E-state index contributed by atoms with van der Waals surface area (Å²) in [6.07, 6.45) is 1.10. The zero-order valence-electron chi connectivity index (χ0n) is 13.5. The van der Waals surface area contributed by atoms with Gasteiger partial charge in [0.15, 0.2) is 5.96 Å². The fourth-order valence-corrected chi connectivity index (χ4v) is 3.08. The summed E-state index contributed by atoms with van der Waals surface area (Å²) in [6.45, 7) is 5.84. The number of pyridine rings is 1. The number of nitrogens with one attached hydrogen (secondary N) is 2. The molecule has 4 nitrogen and oxygen atoms in total. The Hall–Kier alpha value is -1.88. The average molecular weight is 316 g/mol. The van der Waals surface area contributed by atoms with Gasteiger partial charge in [0.25, 0.3) is 0 Å². The molecule has 22 heavy (non-hydrogen) atoms. The van der Waals surface area contributed by atoms with E-state index in [1.807, 2.05) is 36.5 Å². The van der Waals surface area contributed by atoms with E-state index in [2.05, 4.69) is 45.0 Å². The highest BCUT2D eigenvalue weighted by atomic mass is 32.1. The second-order valence-electron chi connectivity index (χ2n) is 5.47. The molecule has 1 atom stereocenters. The molecule has 2 aromatic heterocycles. The first-order valence-electron chi connectivity index (χ1n) is 7.57. The summed E-state index contributed by atoms with van der Waals surface area (Å²) in [5.41, 5.74) is 2.06. The summed E-state index contributed by atoms with van der Waals surface area (Å²) in [5, 5.41) is 8.82. The first-order chi connectivity index (χ1) is 10.7. The number of thiophene rings is 1. The molecule has 118 valence electrons. The predicted molar refractivity (Wildman–Crippen MR) is 94.4 cm³/mol. The Balaban J connectivity index is 1.75. The van der Waals surface area contributed by atoms with E-state index in [-0.39, 0.29) is 0 Å². The van der Waals surface area contributed by atoms with E-state index in [0.717, 1.165) is 30.3 Å². The normalized spacial score (nSPS) is 13.0. The monoisotopic (exact) mass is 316 g/mol. The van der Waals surface area contributed by atoms with Crippen LogP contribution in [0.1, 0.15) is 23.2 Å². The lowest BCUT2D eigenvalue weighted by Gasteiger charge is -2.15. The van der Waals surface area contributed by atoms with Gasteiger partial charge in [0.2, 0.25) is 0 Å². The standard InChI is InChI=1S/C17H24N4S/c1-13(10-16-8-5-9-22-16)11-19-17(18-3)20-12-15-7-4-6-14(2)21-15/h4-9,13H,10-12H2,1-3H3,(H2,18,19,20). The van der Waals surface area contributed by atoms with Crippen molar-refractivity contribution in [2.45, 2.75) is 26.8 Å². The minimum Gasteiger partial charge on any atom is -0.356 e. The van der Waals surface area contributed by atoms with Crippen LogP contribution in [0.25, 0.3) is 0 Å². The average Bonchev–Trinajstić information content (AvgIpc) is 3.00. The molecule has 0 amide bonds. The third-order valence-electron chi connectivity index (χ3n) is 3.35. The molecule has 0 saturated heterocycles. The zero-order chi connectivity index (χ0) is 15.8. The van der Waals surface area contributed by atoms with Gasteiger partial charge in [0.05, 0.1) is 12.2 Å². The summed E-state index contributed by atoms with van der Waals surface area (Å²) >= 11 is 1.82. The van der Waals surface area contributed by atoms with E-state index in [4.69, 9.17) is 0 Å². The number of hydrogen-bond acceptors (Lipinski definition) is 3. The minimum atomic E-state index is 0.564. The quantitative estimate of drug-likeness (QED) is 0.636. The van der Waals surface area contributed by atoms with E-state index in [0.29, 0.717) is 12.5 Å². The lowest BCUT2D eigenvalue weighted by molar-refractivity contribution is 0.561. The predicted octanol–water partition coefficient (Wildman–Crippen LogP) is 3.00. The topological polar surface area (TPSA) is 49.3 Å². The zero-order valence-corrected chi connectivity index (χ0v) is 14.3. The lowest BCUT2D eigenvalue weighted by atomic mass is 10.1. The van der Waals surface area contributed by atoms with Crippen molar-refractivity contribution in [1.82, 2.24) is 15.6 Å². The van der Waals surface area contributed by atoms with E-state index in [1.165, 1.54) is 4.88 Å². The highest BCUT2D eigenvalue weighted by Crippen LogP contribution is 2.13. The number of nitrogens with zero attached hydrogens (tertiary/aromatic N) is 2.